The number of halogens is 3. The topological polar surface area (TPSA) is 75.7 Å². The molecule has 0 radical (unpaired) electrons. The molecular formula is C20H21Cl3N2O4S. The molecule has 0 aliphatic carbocycles. The molecule has 2 aromatic carbocycles. The zero-order chi connectivity index (χ0) is 21.9. The van der Waals surface area contributed by atoms with Gasteiger partial charge in [0.25, 0.3) is 0 Å². The van der Waals surface area contributed by atoms with Gasteiger partial charge in [-0.25, -0.2) is 12.7 Å². The zero-order valence-corrected chi connectivity index (χ0v) is 19.3. The number of rotatable bonds is 6. The van der Waals surface area contributed by atoms with Crippen molar-refractivity contribution in [3.05, 3.63) is 57.0 Å². The van der Waals surface area contributed by atoms with E-state index in [2.05, 4.69) is 5.32 Å². The summed E-state index contributed by atoms with van der Waals surface area (Å²) in [6, 6.07) is 9.66. The van der Waals surface area contributed by atoms with E-state index in [-0.39, 0.29) is 18.2 Å². The van der Waals surface area contributed by atoms with Crippen molar-refractivity contribution in [3.63, 3.8) is 0 Å². The molecular weight excluding hydrogens is 471 g/mol. The van der Waals surface area contributed by atoms with Crippen LogP contribution in [0.5, 0.6) is 5.75 Å². The summed E-state index contributed by atoms with van der Waals surface area (Å²) in [5.41, 5.74) is 0.991. The molecule has 0 bridgehead atoms. The lowest BCUT2D eigenvalue weighted by atomic mass is 9.98. The Hall–Kier alpha value is -1.51. The SMILES string of the molecule is COc1ccc(Cl)cc1NC(=O)[C@H]1CCCN(S(=O)(=O)Cc2ccc(Cl)c(Cl)c2)C1. The van der Waals surface area contributed by atoms with Gasteiger partial charge in [-0.15, -0.1) is 0 Å². The molecule has 0 aromatic heterocycles. The third kappa shape index (κ3) is 5.59. The summed E-state index contributed by atoms with van der Waals surface area (Å²) >= 11 is 17.9. The monoisotopic (exact) mass is 490 g/mol. The quantitative estimate of drug-likeness (QED) is 0.627. The molecule has 1 aliphatic heterocycles. The van der Waals surface area contributed by atoms with Gasteiger partial charge >= 0.3 is 0 Å². The highest BCUT2D eigenvalue weighted by molar-refractivity contribution is 7.88. The lowest BCUT2D eigenvalue weighted by Crippen LogP contribution is -2.44. The molecule has 0 unspecified atom stereocenters. The van der Waals surface area contributed by atoms with Gasteiger partial charge in [-0.2, -0.15) is 0 Å². The van der Waals surface area contributed by atoms with Gasteiger partial charge in [-0.3, -0.25) is 4.79 Å². The average Bonchev–Trinajstić information content (AvgIpc) is 2.71. The molecule has 1 saturated heterocycles. The van der Waals surface area contributed by atoms with Gasteiger partial charge in [0.1, 0.15) is 5.75 Å². The normalized spacial score (nSPS) is 17.5. The number of ether oxygens (including phenoxy) is 1. The Balaban J connectivity index is 1.70. The first-order valence-electron chi connectivity index (χ1n) is 9.26. The number of nitrogens with one attached hydrogen (secondary N) is 1. The maximum absolute atomic E-state index is 12.9. The zero-order valence-electron chi connectivity index (χ0n) is 16.2. The van der Waals surface area contributed by atoms with Crippen molar-refractivity contribution in [1.82, 2.24) is 4.31 Å². The van der Waals surface area contributed by atoms with Gasteiger partial charge in [0, 0.05) is 18.1 Å². The molecule has 30 heavy (non-hydrogen) atoms. The predicted molar refractivity (Wildman–Crippen MR) is 120 cm³/mol. The number of carbonyl (C=O) groups is 1. The summed E-state index contributed by atoms with van der Waals surface area (Å²) < 4.78 is 32.4. The van der Waals surface area contributed by atoms with Crippen molar-refractivity contribution in [3.8, 4) is 5.75 Å². The Labute approximate surface area is 191 Å². The summed E-state index contributed by atoms with van der Waals surface area (Å²) in [6.07, 6.45) is 1.18. The van der Waals surface area contributed by atoms with Gasteiger partial charge < -0.3 is 10.1 Å². The van der Waals surface area contributed by atoms with Crippen LogP contribution in [-0.4, -0.2) is 38.8 Å². The summed E-state index contributed by atoms with van der Waals surface area (Å²) in [6.45, 7) is 0.478. The smallest absolute Gasteiger partial charge is 0.228 e. The Morgan fingerprint density at radius 3 is 2.63 bits per heavy atom. The molecule has 1 aliphatic rings. The van der Waals surface area contributed by atoms with Crippen molar-refractivity contribution >= 4 is 56.4 Å². The van der Waals surface area contributed by atoms with Gasteiger partial charge in [0.2, 0.25) is 15.9 Å². The molecule has 162 valence electrons. The maximum atomic E-state index is 12.9. The van der Waals surface area contributed by atoms with E-state index in [1.165, 1.54) is 11.4 Å². The molecule has 1 amide bonds. The number of carbonyl (C=O) groups excluding carboxylic acids is 1. The van der Waals surface area contributed by atoms with Crippen LogP contribution in [0.1, 0.15) is 18.4 Å². The van der Waals surface area contributed by atoms with Crippen LogP contribution in [0.4, 0.5) is 5.69 Å². The summed E-state index contributed by atoms with van der Waals surface area (Å²) in [4.78, 5) is 12.8. The van der Waals surface area contributed by atoms with Crippen LogP contribution < -0.4 is 10.1 Å². The third-order valence-corrected chi connectivity index (χ3v) is 7.69. The molecule has 0 saturated carbocycles. The number of sulfonamides is 1. The minimum absolute atomic E-state index is 0.109. The van der Waals surface area contributed by atoms with E-state index >= 15 is 0 Å². The lowest BCUT2D eigenvalue weighted by Gasteiger charge is -2.31. The second-order valence-electron chi connectivity index (χ2n) is 7.04. The minimum Gasteiger partial charge on any atom is -0.495 e. The predicted octanol–water partition coefficient (Wildman–Crippen LogP) is 4.84. The lowest BCUT2D eigenvalue weighted by molar-refractivity contribution is -0.120. The first-order chi connectivity index (χ1) is 14.2. The fraction of sp³-hybridized carbons (Fsp3) is 0.350. The fourth-order valence-electron chi connectivity index (χ4n) is 3.35. The van der Waals surface area contributed by atoms with E-state index < -0.39 is 15.9 Å². The van der Waals surface area contributed by atoms with Crippen molar-refractivity contribution in [2.75, 3.05) is 25.5 Å². The maximum Gasteiger partial charge on any atom is 0.228 e. The number of nitrogens with zero attached hydrogens (tertiary/aromatic N) is 1. The molecule has 0 spiro atoms. The molecule has 6 nitrogen and oxygen atoms in total. The van der Waals surface area contributed by atoms with Crippen molar-refractivity contribution < 1.29 is 17.9 Å². The first kappa shape index (κ1) is 23.2. The van der Waals surface area contributed by atoms with Crippen LogP contribution in [0.2, 0.25) is 15.1 Å². The van der Waals surface area contributed by atoms with Crippen molar-refractivity contribution in [2.24, 2.45) is 5.92 Å². The summed E-state index contributed by atoms with van der Waals surface area (Å²) in [7, 11) is -2.12. The Morgan fingerprint density at radius 2 is 1.93 bits per heavy atom. The third-order valence-electron chi connectivity index (χ3n) is 4.90. The molecule has 2 aromatic rings. The second-order valence-corrected chi connectivity index (χ2v) is 10.3. The van der Waals surface area contributed by atoms with E-state index in [9.17, 15) is 13.2 Å². The average molecular weight is 492 g/mol. The van der Waals surface area contributed by atoms with E-state index in [1.807, 2.05) is 0 Å². The Morgan fingerprint density at radius 1 is 1.17 bits per heavy atom. The van der Waals surface area contributed by atoms with Gasteiger partial charge in [0.05, 0.1) is 34.5 Å². The minimum atomic E-state index is -3.62. The number of hydrogen-bond acceptors (Lipinski definition) is 4. The number of hydrogen-bond donors (Lipinski definition) is 1. The summed E-state index contributed by atoms with van der Waals surface area (Å²) in [5.74, 6) is -0.482. The molecule has 1 fully saturated rings. The first-order valence-corrected chi connectivity index (χ1v) is 12.0. The van der Waals surface area contributed by atoms with Crippen molar-refractivity contribution in [1.29, 1.82) is 0 Å². The van der Waals surface area contributed by atoms with Crippen LogP contribution >= 0.6 is 34.8 Å². The summed E-state index contributed by atoms with van der Waals surface area (Å²) in [5, 5.41) is 3.93. The van der Waals surface area contributed by atoms with Crippen LogP contribution in [-0.2, 0) is 20.6 Å². The number of methoxy groups -OCH3 is 1. The standard InChI is InChI=1S/C20H21Cl3N2O4S/c1-29-19-7-5-15(21)10-18(19)24-20(26)14-3-2-8-25(11-14)30(27,28)12-13-4-6-16(22)17(23)9-13/h4-7,9-10,14H,2-3,8,11-12H2,1H3,(H,24,26)/t14-/m0/s1. The van der Waals surface area contributed by atoms with Gasteiger partial charge in [-0.05, 0) is 48.7 Å². The highest BCUT2D eigenvalue weighted by Gasteiger charge is 2.32. The molecule has 3 rings (SSSR count). The largest absolute Gasteiger partial charge is 0.495 e. The molecule has 10 heteroatoms. The van der Waals surface area contributed by atoms with E-state index in [1.54, 1.807) is 36.4 Å². The van der Waals surface area contributed by atoms with E-state index in [4.69, 9.17) is 39.5 Å². The van der Waals surface area contributed by atoms with Crippen LogP contribution in [0.3, 0.4) is 0 Å². The Kier molecular flexibility index (Phi) is 7.52. The van der Waals surface area contributed by atoms with Crippen molar-refractivity contribution in [2.45, 2.75) is 18.6 Å². The molecule has 1 N–H and O–H groups in total. The Bertz CT molecular complexity index is 1050. The number of amides is 1. The highest BCUT2D eigenvalue weighted by Crippen LogP contribution is 2.30. The molecule has 1 atom stereocenters. The van der Waals surface area contributed by atoms with Crippen LogP contribution in [0, 0.1) is 5.92 Å². The number of benzene rings is 2. The van der Waals surface area contributed by atoms with Gasteiger partial charge in [-0.1, -0.05) is 40.9 Å². The van der Waals surface area contributed by atoms with E-state index in [0.717, 1.165) is 0 Å². The molecule has 1 heterocycles. The van der Waals surface area contributed by atoms with Crippen LogP contribution in [0.25, 0.3) is 0 Å². The van der Waals surface area contributed by atoms with Crippen LogP contribution in [0.15, 0.2) is 36.4 Å². The van der Waals surface area contributed by atoms with E-state index in [0.29, 0.717) is 51.5 Å². The second kappa shape index (κ2) is 9.75. The fourth-order valence-corrected chi connectivity index (χ4v) is 5.44. The van der Waals surface area contributed by atoms with Gasteiger partial charge in [0.15, 0.2) is 0 Å². The highest BCUT2D eigenvalue weighted by atomic mass is 35.5. The number of piperidine rings is 1. The number of anilines is 1.